The Hall–Kier alpha value is -1.56. The molecule has 2 rings (SSSR count). The van der Waals surface area contributed by atoms with Gasteiger partial charge in [-0.1, -0.05) is 18.9 Å². The van der Waals surface area contributed by atoms with Crippen LogP contribution in [0.1, 0.15) is 36.0 Å². The highest BCUT2D eigenvalue weighted by atomic mass is 79.9. The second kappa shape index (κ2) is 6.06. The molecule has 0 unspecified atom stereocenters. The number of benzene rings is 1. The first-order valence-corrected chi connectivity index (χ1v) is 6.96. The van der Waals surface area contributed by atoms with E-state index in [9.17, 15) is 9.59 Å². The lowest BCUT2D eigenvalue weighted by molar-refractivity contribution is 0.0698. The Morgan fingerprint density at radius 3 is 2.58 bits per heavy atom. The molecule has 1 aromatic rings. The van der Waals surface area contributed by atoms with Gasteiger partial charge in [-0.2, -0.15) is 0 Å². The molecule has 0 aromatic heterocycles. The number of hydrogen-bond donors (Lipinski definition) is 3. The van der Waals surface area contributed by atoms with Crippen molar-refractivity contribution >= 4 is 33.6 Å². The third-order valence-electron chi connectivity index (χ3n) is 3.17. The van der Waals surface area contributed by atoms with Crippen molar-refractivity contribution < 1.29 is 14.7 Å². The zero-order chi connectivity index (χ0) is 13.8. The molecule has 2 amide bonds. The number of urea groups is 1. The number of halogens is 1. The zero-order valence-electron chi connectivity index (χ0n) is 10.3. The lowest BCUT2D eigenvalue weighted by atomic mass is 10.2. The van der Waals surface area contributed by atoms with E-state index in [4.69, 9.17) is 5.11 Å². The van der Waals surface area contributed by atoms with Crippen molar-refractivity contribution in [1.29, 1.82) is 0 Å². The van der Waals surface area contributed by atoms with Crippen LogP contribution in [0.3, 0.4) is 0 Å². The summed E-state index contributed by atoms with van der Waals surface area (Å²) in [6.45, 7) is 0. The number of nitrogens with one attached hydrogen (secondary N) is 2. The molecule has 1 saturated carbocycles. The SMILES string of the molecule is O=C(Nc1c(Br)cccc1C(=O)O)NC1CCCC1. The van der Waals surface area contributed by atoms with Crippen molar-refractivity contribution in [3.63, 3.8) is 0 Å². The van der Waals surface area contributed by atoms with Gasteiger partial charge in [0.25, 0.3) is 0 Å². The van der Waals surface area contributed by atoms with E-state index in [0.717, 1.165) is 25.7 Å². The molecule has 0 radical (unpaired) electrons. The van der Waals surface area contributed by atoms with Gasteiger partial charge in [0.05, 0.1) is 11.3 Å². The van der Waals surface area contributed by atoms with E-state index < -0.39 is 5.97 Å². The summed E-state index contributed by atoms with van der Waals surface area (Å²) in [6, 6.07) is 4.60. The molecule has 6 heteroatoms. The molecule has 102 valence electrons. The number of carbonyl (C=O) groups excluding carboxylic acids is 1. The molecule has 1 aliphatic carbocycles. The van der Waals surface area contributed by atoms with Crippen LogP contribution in [-0.2, 0) is 0 Å². The van der Waals surface area contributed by atoms with Gasteiger partial charge in [0, 0.05) is 10.5 Å². The Labute approximate surface area is 119 Å². The minimum Gasteiger partial charge on any atom is -0.478 e. The molecular weight excluding hydrogens is 312 g/mol. The fraction of sp³-hybridized carbons (Fsp3) is 0.385. The van der Waals surface area contributed by atoms with Gasteiger partial charge < -0.3 is 15.7 Å². The number of aromatic carboxylic acids is 1. The summed E-state index contributed by atoms with van der Waals surface area (Å²) in [6.07, 6.45) is 4.21. The van der Waals surface area contributed by atoms with E-state index in [1.54, 1.807) is 12.1 Å². The second-order valence-electron chi connectivity index (χ2n) is 4.55. The molecule has 0 atom stereocenters. The number of amides is 2. The molecule has 0 bridgehead atoms. The van der Waals surface area contributed by atoms with Crippen molar-refractivity contribution in [2.24, 2.45) is 0 Å². The van der Waals surface area contributed by atoms with Crippen molar-refractivity contribution in [2.45, 2.75) is 31.7 Å². The van der Waals surface area contributed by atoms with E-state index >= 15 is 0 Å². The van der Waals surface area contributed by atoms with E-state index in [2.05, 4.69) is 26.6 Å². The maximum Gasteiger partial charge on any atom is 0.337 e. The van der Waals surface area contributed by atoms with Crippen LogP contribution in [0.15, 0.2) is 22.7 Å². The predicted octanol–water partition coefficient (Wildman–Crippen LogP) is 3.21. The number of carbonyl (C=O) groups is 2. The summed E-state index contributed by atoms with van der Waals surface area (Å²) < 4.78 is 0.550. The number of carboxylic acids is 1. The van der Waals surface area contributed by atoms with Gasteiger partial charge in [-0.15, -0.1) is 0 Å². The molecule has 3 N–H and O–H groups in total. The van der Waals surface area contributed by atoms with Crippen LogP contribution in [-0.4, -0.2) is 23.1 Å². The molecule has 19 heavy (non-hydrogen) atoms. The summed E-state index contributed by atoms with van der Waals surface area (Å²) in [4.78, 5) is 23.0. The molecule has 5 nitrogen and oxygen atoms in total. The highest BCUT2D eigenvalue weighted by Gasteiger charge is 2.19. The standard InChI is InChI=1S/C13H15BrN2O3/c14-10-7-3-6-9(12(17)18)11(10)16-13(19)15-8-4-1-2-5-8/h3,6-8H,1-2,4-5H2,(H,17,18)(H2,15,16,19). The van der Waals surface area contributed by atoms with Crippen molar-refractivity contribution in [2.75, 3.05) is 5.32 Å². The number of carboxylic acid groups (broad SMARTS) is 1. The van der Waals surface area contributed by atoms with Crippen LogP contribution in [0, 0.1) is 0 Å². The molecule has 0 aliphatic heterocycles. The van der Waals surface area contributed by atoms with Gasteiger partial charge >= 0.3 is 12.0 Å². The molecule has 0 spiro atoms. The first-order chi connectivity index (χ1) is 9.08. The third-order valence-corrected chi connectivity index (χ3v) is 3.83. The Bertz CT molecular complexity index is 499. The summed E-state index contributed by atoms with van der Waals surface area (Å²) in [5, 5.41) is 14.6. The van der Waals surface area contributed by atoms with Gasteiger partial charge in [-0.25, -0.2) is 9.59 Å². The Morgan fingerprint density at radius 1 is 1.26 bits per heavy atom. The van der Waals surface area contributed by atoms with Gasteiger partial charge in [-0.05, 0) is 40.9 Å². The van der Waals surface area contributed by atoms with Crippen molar-refractivity contribution in [3.8, 4) is 0 Å². The van der Waals surface area contributed by atoms with E-state index in [0.29, 0.717) is 4.47 Å². The maximum absolute atomic E-state index is 11.9. The summed E-state index contributed by atoms with van der Waals surface area (Å²) >= 11 is 3.25. The molecular formula is C13H15BrN2O3. The van der Waals surface area contributed by atoms with Gasteiger partial charge in [0.15, 0.2) is 0 Å². The number of hydrogen-bond acceptors (Lipinski definition) is 2. The lowest BCUT2D eigenvalue weighted by Crippen LogP contribution is -2.36. The Balaban J connectivity index is 2.09. The first kappa shape index (κ1) is 13.9. The van der Waals surface area contributed by atoms with E-state index in [1.807, 2.05) is 0 Å². The van der Waals surface area contributed by atoms with Gasteiger partial charge in [0.2, 0.25) is 0 Å². The van der Waals surface area contributed by atoms with Gasteiger partial charge in [0.1, 0.15) is 0 Å². The summed E-state index contributed by atoms with van der Waals surface area (Å²) in [5.41, 5.74) is 0.349. The molecule has 0 heterocycles. The largest absolute Gasteiger partial charge is 0.478 e. The van der Waals surface area contributed by atoms with Crippen LogP contribution >= 0.6 is 15.9 Å². The molecule has 1 aliphatic rings. The number of rotatable bonds is 3. The maximum atomic E-state index is 11.9. The average molecular weight is 327 g/mol. The Morgan fingerprint density at radius 2 is 1.95 bits per heavy atom. The lowest BCUT2D eigenvalue weighted by Gasteiger charge is -2.15. The van der Waals surface area contributed by atoms with Crippen LogP contribution in [0.4, 0.5) is 10.5 Å². The van der Waals surface area contributed by atoms with Gasteiger partial charge in [-0.3, -0.25) is 0 Å². The highest BCUT2D eigenvalue weighted by molar-refractivity contribution is 9.10. The van der Waals surface area contributed by atoms with E-state index in [1.165, 1.54) is 6.07 Å². The monoisotopic (exact) mass is 326 g/mol. The minimum atomic E-state index is -1.07. The highest BCUT2D eigenvalue weighted by Crippen LogP contribution is 2.26. The van der Waals surface area contributed by atoms with E-state index in [-0.39, 0.29) is 23.3 Å². The smallest absolute Gasteiger partial charge is 0.337 e. The number of para-hydroxylation sites is 1. The normalized spacial score (nSPS) is 15.2. The fourth-order valence-corrected chi connectivity index (χ4v) is 2.70. The first-order valence-electron chi connectivity index (χ1n) is 6.17. The van der Waals surface area contributed by atoms with Crippen LogP contribution in [0.25, 0.3) is 0 Å². The second-order valence-corrected chi connectivity index (χ2v) is 5.40. The molecule has 1 fully saturated rings. The van der Waals surface area contributed by atoms with Crippen molar-refractivity contribution in [3.05, 3.63) is 28.2 Å². The predicted molar refractivity (Wildman–Crippen MR) is 75.5 cm³/mol. The minimum absolute atomic E-state index is 0.0657. The van der Waals surface area contributed by atoms with Crippen molar-refractivity contribution in [1.82, 2.24) is 5.32 Å². The average Bonchev–Trinajstić information content (AvgIpc) is 2.84. The molecule has 1 aromatic carbocycles. The topological polar surface area (TPSA) is 78.4 Å². The van der Waals surface area contributed by atoms with Crippen LogP contribution < -0.4 is 10.6 Å². The molecule has 0 saturated heterocycles. The fourth-order valence-electron chi connectivity index (χ4n) is 2.23. The summed E-state index contributed by atoms with van der Waals surface area (Å²) in [7, 11) is 0. The zero-order valence-corrected chi connectivity index (χ0v) is 11.9. The van der Waals surface area contributed by atoms with Crippen LogP contribution in [0.5, 0.6) is 0 Å². The number of anilines is 1. The Kier molecular flexibility index (Phi) is 4.42. The summed E-state index contributed by atoms with van der Waals surface area (Å²) in [5.74, 6) is -1.07. The van der Waals surface area contributed by atoms with Crippen LogP contribution in [0.2, 0.25) is 0 Å². The third kappa shape index (κ3) is 3.47. The quantitative estimate of drug-likeness (QED) is 0.798.